The van der Waals surface area contributed by atoms with E-state index in [-0.39, 0.29) is 0 Å². The Morgan fingerprint density at radius 2 is 2.00 bits per heavy atom. The molecule has 70 valence electrons. The first-order chi connectivity index (χ1) is 6.43. The molecule has 0 aliphatic heterocycles. The van der Waals surface area contributed by atoms with Crippen molar-refractivity contribution in [3.05, 3.63) is 48.2 Å². The van der Waals surface area contributed by atoms with E-state index in [1.165, 1.54) is 5.56 Å². The summed E-state index contributed by atoms with van der Waals surface area (Å²) in [6, 6.07) is 10.1. The molecule has 1 rings (SSSR count). The quantitative estimate of drug-likeness (QED) is 0.519. The number of hydrogen-bond donors (Lipinski definition) is 0. The number of halogens is 1. The minimum Gasteiger partial charge on any atom is -0.497 e. The van der Waals surface area contributed by atoms with Gasteiger partial charge in [0.15, 0.2) is 0 Å². The molecule has 0 spiro atoms. The van der Waals surface area contributed by atoms with Crippen LogP contribution in [0.15, 0.2) is 42.7 Å². The van der Waals surface area contributed by atoms with Gasteiger partial charge in [0.25, 0.3) is 0 Å². The largest absolute Gasteiger partial charge is 0.497 e. The maximum atomic E-state index is 5.49. The fraction of sp³-hybridized carbons (Fsp3) is 0.273. The van der Waals surface area contributed by atoms with Crippen LogP contribution < -0.4 is 0 Å². The minimum atomic E-state index is 0.625. The second-order valence-corrected chi connectivity index (χ2v) is 3.02. The summed E-state index contributed by atoms with van der Waals surface area (Å²) < 4.78 is 5.28. The number of rotatable bonds is 5. The summed E-state index contributed by atoms with van der Waals surface area (Å²) >= 11 is 5.49. The Morgan fingerprint density at radius 3 is 2.69 bits per heavy atom. The average Bonchev–Trinajstić information content (AvgIpc) is 2.19. The van der Waals surface area contributed by atoms with Crippen LogP contribution in [0.1, 0.15) is 12.0 Å². The van der Waals surface area contributed by atoms with Gasteiger partial charge in [0.05, 0.1) is 6.26 Å². The third-order valence-electron chi connectivity index (χ3n) is 1.56. The van der Waals surface area contributed by atoms with E-state index >= 15 is 0 Å². The van der Waals surface area contributed by atoms with Gasteiger partial charge in [0.2, 0.25) is 0 Å². The van der Waals surface area contributed by atoms with Crippen LogP contribution in [0.2, 0.25) is 0 Å². The lowest BCUT2D eigenvalue weighted by molar-refractivity contribution is 0.235. The predicted molar refractivity (Wildman–Crippen MR) is 55.7 cm³/mol. The summed E-state index contributed by atoms with van der Waals surface area (Å²) in [4.78, 5) is 0. The molecule has 1 aromatic rings. The maximum Gasteiger partial charge on any atom is 0.112 e. The van der Waals surface area contributed by atoms with Gasteiger partial charge >= 0.3 is 0 Å². The highest BCUT2D eigenvalue weighted by Gasteiger charge is 1.87. The molecule has 0 aromatic heterocycles. The average molecular weight is 197 g/mol. The molecule has 0 aliphatic carbocycles. The zero-order valence-electron chi connectivity index (χ0n) is 7.45. The van der Waals surface area contributed by atoms with E-state index in [1.807, 2.05) is 36.4 Å². The first-order valence-corrected chi connectivity index (χ1v) is 4.83. The van der Waals surface area contributed by atoms with Crippen LogP contribution in [0.25, 0.3) is 0 Å². The third kappa shape index (κ3) is 4.58. The van der Waals surface area contributed by atoms with Gasteiger partial charge in [-0.05, 0) is 18.1 Å². The van der Waals surface area contributed by atoms with Crippen LogP contribution in [0, 0.1) is 0 Å². The fourth-order valence-corrected chi connectivity index (χ4v) is 1.04. The van der Waals surface area contributed by atoms with E-state index in [0.29, 0.717) is 12.5 Å². The van der Waals surface area contributed by atoms with E-state index < -0.39 is 0 Å². The first kappa shape index (κ1) is 10.1. The predicted octanol–water partition coefficient (Wildman–Crippen LogP) is 3.35. The van der Waals surface area contributed by atoms with Crippen LogP contribution in [0.4, 0.5) is 0 Å². The van der Waals surface area contributed by atoms with Crippen molar-refractivity contribution in [3.8, 4) is 0 Å². The van der Waals surface area contributed by atoms with Gasteiger partial charge in [-0.1, -0.05) is 30.3 Å². The lowest BCUT2D eigenvalue weighted by atomic mass is 10.2. The van der Waals surface area contributed by atoms with Gasteiger partial charge in [-0.15, -0.1) is 11.6 Å². The van der Waals surface area contributed by atoms with Crippen molar-refractivity contribution in [2.24, 2.45) is 0 Å². The highest BCUT2D eigenvalue weighted by atomic mass is 35.5. The van der Waals surface area contributed by atoms with Crippen molar-refractivity contribution in [2.45, 2.75) is 13.0 Å². The van der Waals surface area contributed by atoms with Gasteiger partial charge in [-0.3, -0.25) is 0 Å². The lowest BCUT2D eigenvalue weighted by Gasteiger charge is -1.99. The summed E-state index contributed by atoms with van der Waals surface area (Å²) in [5.74, 6) is 0.644. The van der Waals surface area contributed by atoms with E-state index in [4.69, 9.17) is 16.3 Å². The summed E-state index contributed by atoms with van der Waals surface area (Å²) in [5, 5.41) is 0. The Labute approximate surface area is 84.0 Å². The first-order valence-electron chi connectivity index (χ1n) is 4.30. The molecule has 0 heterocycles. The molecule has 0 atom stereocenters. The highest BCUT2D eigenvalue weighted by molar-refractivity contribution is 6.17. The van der Waals surface area contributed by atoms with Crippen molar-refractivity contribution in [3.63, 3.8) is 0 Å². The van der Waals surface area contributed by atoms with Gasteiger partial charge in [0, 0.05) is 5.88 Å². The van der Waals surface area contributed by atoms with Crippen LogP contribution in [0.3, 0.4) is 0 Å². The Morgan fingerprint density at radius 1 is 1.23 bits per heavy atom. The number of alkyl halides is 1. The molecule has 0 unspecified atom stereocenters. The van der Waals surface area contributed by atoms with Gasteiger partial charge < -0.3 is 4.74 Å². The Balaban J connectivity index is 2.20. The molecule has 0 saturated carbocycles. The van der Waals surface area contributed by atoms with Crippen LogP contribution in [-0.4, -0.2) is 5.88 Å². The molecule has 0 radical (unpaired) electrons. The third-order valence-corrected chi connectivity index (χ3v) is 1.78. The zero-order valence-corrected chi connectivity index (χ0v) is 8.20. The molecule has 0 N–H and O–H groups in total. The Bertz CT molecular complexity index is 244. The fourth-order valence-electron chi connectivity index (χ4n) is 0.918. The summed E-state index contributed by atoms with van der Waals surface area (Å²) in [5.41, 5.74) is 1.18. The summed E-state index contributed by atoms with van der Waals surface area (Å²) in [6.45, 7) is 0.625. The molecule has 2 heteroatoms. The van der Waals surface area contributed by atoms with E-state index in [1.54, 1.807) is 6.26 Å². The number of allylic oxidation sites excluding steroid dienone is 1. The molecule has 1 nitrogen and oxygen atoms in total. The molecule has 0 saturated heterocycles. The minimum absolute atomic E-state index is 0.625. The lowest BCUT2D eigenvalue weighted by Crippen LogP contribution is -1.84. The molecule has 0 fully saturated rings. The van der Waals surface area contributed by atoms with Crippen LogP contribution in [-0.2, 0) is 11.3 Å². The normalized spacial score (nSPS) is 10.5. The SMILES string of the molecule is ClCCC=COCc1ccccc1. The summed E-state index contributed by atoms with van der Waals surface area (Å²) in [7, 11) is 0. The van der Waals surface area contributed by atoms with Gasteiger partial charge in [-0.2, -0.15) is 0 Å². The van der Waals surface area contributed by atoms with Crippen molar-refractivity contribution >= 4 is 11.6 Å². The van der Waals surface area contributed by atoms with Gasteiger partial charge in [-0.25, -0.2) is 0 Å². The van der Waals surface area contributed by atoms with Crippen molar-refractivity contribution < 1.29 is 4.74 Å². The molecule has 0 amide bonds. The zero-order chi connectivity index (χ0) is 9.36. The molecular weight excluding hydrogens is 184 g/mol. The Kier molecular flexibility index (Phi) is 5.11. The molecule has 0 aliphatic rings. The second-order valence-electron chi connectivity index (χ2n) is 2.65. The molecule has 13 heavy (non-hydrogen) atoms. The summed E-state index contributed by atoms with van der Waals surface area (Å²) in [6.07, 6.45) is 4.49. The topological polar surface area (TPSA) is 9.23 Å². The van der Waals surface area contributed by atoms with Crippen molar-refractivity contribution in [1.82, 2.24) is 0 Å². The second kappa shape index (κ2) is 6.55. The Hall–Kier alpha value is -0.950. The molecule has 1 aromatic carbocycles. The van der Waals surface area contributed by atoms with E-state index in [9.17, 15) is 0 Å². The van der Waals surface area contributed by atoms with E-state index in [2.05, 4.69) is 0 Å². The molecular formula is C11H13ClO. The number of ether oxygens (including phenoxy) is 1. The van der Waals surface area contributed by atoms with Crippen molar-refractivity contribution in [2.75, 3.05) is 5.88 Å². The smallest absolute Gasteiger partial charge is 0.112 e. The standard InChI is InChI=1S/C11H13ClO/c12-8-4-5-9-13-10-11-6-2-1-3-7-11/h1-3,5-7,9H,4,8,10H2. The monoisotopic (exact) mass is 196 g/mol. The highest BCUT2D eigenvalue weighted by Crippen LogP contribution is 2.00. The van der Waals surface area contributed by atoms with Crippen LogP contribution in [0.5, 0.6) is 0 Å². The van der Waals surface area contributed by atoms with Crippen LogP contribution >= 0.6 is 11.6 Å². The van der Waals surface area contributed by atoms with Crippen molar-refractivity contribution in [1.29, 1.82) is 0 Å². The van der Waals surface area contributed by atoms with Gasteiger partial charge in [0.1, 0.15) is 6.61 Å². The maximum absolute atomic E-state index is 5.49. The number of hydrogen-bond acceptors (Lipinski definition) is 1. The number of benzene rings is 1. The molecule has 0 bridgehead atoms. The van der Waals surface area contributed by atoms with E-state index in [0.717, 1.165) is 6.42 Å².